The molecule has 0 saturated carbocycles. The lowest BCUT2D eigenvalue weighted by Gasteiger charge is -2.26. The molecule has 7 nitrogen and oxygen atoms in total. The molecule has 2 rings (SSSR count). The quantitative estimate of drug-likeness (QED) is 0.297. The maximum Gasteiger partial charge on any atom is 0.417 e. The molecule has 2 aromatic rings. The van der Waals surface area contributed by atoms with Gasteiger partial charge in [0.1, 0.15) is 16.3 Å². The van der Waals surface area contributed by atoms with E-state index in [1.807, 2.05) is 20.8 Å². The van der Waals surface area contributed by atoms with Crippen LogP contribution >= 0.6 is 0 Å². The second-order valence-corrected chi connectivity index (χ2v) is 10.6. The Morgan fingerprint density at radius 3 is 2.14 bits per heavy atom. The van der Waals surface area contributed by atoms with Crippen LogP contribution in [0.25, 0.3) is 0 Å². The van der Waals surface area contributed by atoms with Gasteiger partial charge in [-0.05, 0) is 50.6 Å². The number of aromatic nitrogens is 1. The summed E-state index contributed by atoms with van der Waals surface area (Å²) in [5.74, 6) is -2.35. The fourth-order valence-electron chi connectivity index (χ4n) is 2.78. The second kappa shape index (κ2) is 14.8. The number of nitrogens with zero attached hydrogens (tertiary/aromatic N) is 1. The highest BCUT2D eigenvalue weighted by Crippen LogP contribution is 2.29. The van der Waals surface area contributed by atoms with Gasteiger partial charge >= 0.3 is 6.18 Å². The molecule has 0 aliphatic rings. The van der Waals surface area contributed by atoms with Crippen LogP contribution in [0.5, 0.6) is 0 Å². The summed E-state index contributed by atoms with van der Waals surface area (Å²) in [5.41, 5.74) is -1.46. The van der Waals surface area contributed by atoms with Crippen LogP contribution < -0.4 is 5.32 Å². The average Bonchev–Trinajstić information content (AvgIpc) is 2.82. The van der Waals surface area contributed by atoms with E-state index in [2.05, 4.69) is 15.0 Å². The average molecular weight is 550 g/mol. The van der Waals surface area contributed by atoms with E-state index in [1.54, 1.807) is 14.2 Å². The molecule has 1 heterocycles. The first kappa shape index (κ1) is 34.1. The van der Waals surface area contributed by atoms with E-state index in [-0.39, 0.29) is 29.1 Å². The topological polar surface area (TPSA) is 109 Å². The van der Waals surface area contributed by atoms with Crippen molar-refractivity contribution in [3.8, 4) is 0 Å². The first-order chi connectivity index (χ1) is 17.1. The molecule has 0 bridgehead atoms. The van der Waals surface area contributed by atoms with E-state index in [0.29, 0.717) is 18.7 Å². The van der Waals surface area contributed by atoms with Crippen molar-refractivity contribution in [2.24, 2.45) is 0 Å². The Kier molecular flexibility index (Phi) is 13.6. The SMILES string of the molecule is CC.CCCC(=N)C(C)(C)S(=O)(=O)Cc1cc(NC(=O)c2ccc(C(F)(F)F)cn2)ccc1F.COC. The van der Waals surface area contributed by atoms with Crippen molar-refractivity contribution in [2.75, 3.05) is 19.5 Å². The van der Waals surface area contributed by atoms with Crippen LogP contribution in [0.4, 0.5) is 23.2 Å². The van der Waals surface area contributed by atoms with Gasteiger partial charge in [0, 0.05) is 37.4 Å². The van der Waals surface area contributed by atoms with Gasteiger partial charge < -0.3 is 15.5 Å². The monoisotopic (exact) mass is 549 g/mol. The highest BCUT2D eigenvalue weighted by molar-refractivity contribution is 7.92. The molecule has 0 spiro atoms. The third kappa shape index (κ3) is 9.84. The Morgan fingerprint density at radius 2 is 1.68 bits per heavy atom. The van der Waals surface area contributed by atoms with E-state index in [9.17, 15) is 30.8 Å². The van der Waals surface area contributed by atoms with Crippen LogP contribution in [0.15, 0.2) is 36.5 Å². The number of carbonyl (C=O) groups excluding carboxylic acids is 1. The molecule has 0 fully saturated rings. The van der Waals surface area contributed by atoms with Crippen molar-refractivity contribution in [1.29, 1.82) is 5.41 Å². The number of nitrogens with one attached hydrogen (secondary N) is 2. The van der Waals surface area contributed by atoms with E-state index < -0.39 is 43.8 Å². The molecule has 0 unspecified atom stereocenters. The van der Waals surface area contributed by atoms with Crippen molar-refractivity contribution in [2.45, 2.75) is 64.1 Å². The largest absolute Gasteiger partial charge is 0.417 e. The first-order valence-corrected chi connectivity index (χ1v) is 13.1. The van der Waals surface area contributed by atoms with Crippen molar-refractivity contribution in [1.82, 2.24) is 4.98 Å². The molecular weight excluding hydrogens is 514 g/mol. The van der Waals surface area contributed by atoms with Crippen molar-refractivity contribution in [3.05, 3.63) is 59.2 Å². The second-order valence-electron chi connectivity index (χ2n) is 8.10. The van der Waals surface area contributed by atoms with Gasteiger partial charge in [-0.3, -0.25) is 9.78 Å². The van der Waals surface area contributed by atoms with Crippen molar-refractivity contribution < 1.29 is 35.5 Å². The van der Waals surface area contributed by atoms with Crippen LogP contribution in [0.2, 0.25) is 0 Å². The minimum absolute atomic E-state index is 0.0123. The standard InChI is InChI=1S/C21H23F4N3O3S.C2H6O.C2H6/c1-4-5-18(26)20(2,3)32(30,31)12-13-10-15(7-8-16(13)22)28-19(29)17-9-6-14(11-27-17)21(23,24)25;1-3-2;1-2/h6-11,26H,4-5,12H2,1-3H3,(H,28,29);1-2H3;1-2H3. The lowest BCUT2D eigenvalue weighted by atomic mass is 10.0. The molecule has 0 aliphatic heterocycles. The number of benzene rings is 1. The van der Waals surface area contributed by atoms with E-state index in [4.69, 9.17) is 5.41 Å². The van der Waals surface area contributed by atoms with E-state index >= 15 is 0 Å². The number of amides is 1. The van der Waals surface area contributed by atoms with Gasteiger partial charge in [0.15, 0.2) is 9.84 Å². The Morgan fingerprint density at radius 1 is 1.11 bits per heavy atom. The van der Waals surface area contributed by atoms with Gasteiger partial charge in [-0.15, -0.1) is 0 Å². The Labute approximate surface area is 216 Å². The number of pyridine rings is 1. The molecule has 1 amide bonds. The molecule has 0 saturated heterocycles. The zero-order valence-electron chi connectivity index (χ0n) is 22.1. The number of methoxy groups -OCH3 is 1. The fourth-order valence-corrected chi connectivity index (χ4v) is 4.25. The van der Waals surface area contributed by atoms with Crippen LogP contribution in [-0.4, -0.2) is 44.0 Å². The minimum atomic E-state index is -4.60. The van der Waals surface area contributed by atoms with Crippen LogP contribution in [-0.2, 0) is 26.5 Å². The molecular formula is C25H35F4N3O4S. The third-order valence-electron chi connectivity index (χ3n) is 4.98. The molecule has 0 radical (unpaired) electrons. The molecule has 2 N–H and O–H groups in total. The maximum atomic E-state index is 14.3. The summed E-state index contributed by atoms with van der Waals surface area (Å²) in [6.07, 6.45) is -3.21. The van der Waals surface area contributed by atoms with Crippen molar-refractivity contribution >= 4 is 27.1 Å². The van der Waals surface area contributed by atoms with Crippen LogP contribution in [0.1, 0.15) is 69.1 Å². The summed E-state index contributed by atoms with van der Waals surface area (Å²) in [4.78, 5) is 15.8. The minimum Gasteiger partial charge on any atom is -0.388 e. The molecule has 12 heteroatoms. The number of hydrogen-bond donors (Lipinski definition) is 2. The Hall–Kier alpha value is -2.86. The number of halogens is 4. The highest BCUT2D eigenvalue weighted by atomic mass is 32.2. The van der Waals surface area contributed by atoms with Crippen molar-refractivity contribution in [3.63, 3.8) is 0 Å². The van der Waals surface area contributed by atoms with E-state index in [0.717, 1.165) is 18.2 Å². The fraction of sp³-hybridized carbons (Fsp3) is 0.480. The summed E-state index contributed by atoms with van der Waals surface area (Å²) in [7, 11) is -0.719. The summed E-state index contributed by atoms with van der Waals surface area (Å²) in [6.45, 7) is 8.59. The lowest BCUT2D eigenvalue weighted by molar-refractivity contribution is -0.137. The zero-order chi connectivity index (χ0) is 29.0. The Balaban J connectivity index is 0.00000241. The normalized spacial score (nSPS) is 11.4. The smallest absolute Gasteiger partial charge is 0.388 e. The summed E-state index contributed by atoms with van der Waals surface area (Å²) in [5, 5.41) is 10.4. The maximum absolute atomic E-state index is 14.3. The number of anilines is 1. The molecule has 208 valence electrons. The van der Waals surface area contributed by atoms with E-state index in [1.165, 1.54) is 19.9 Å². The lowest BCUT2D eigenvalue weighted by Crippen LogP contribution is -2.41. The van der Waals surface area contributed by atoms with Crippen LogP contribution in [0, 0.1) is 11.2 Å². The molecule has 0 atom stereocenters. The number of alkyl halides is 3. The summed E-state index contributed by atoms with van der Waals surface area (Å²) < 4.78 is 80.6. The van der Waals surface area contributed by atoms with Gasteiger partial charge in [0.2, 0.25) is 0 Å². The van der Waals surface area contributed by atoms with Crippen LogP contribution in [0.3, 0.4) is 0 Å². The molecule has 1 aromatic carbocycles. The summed E-state index contributed by atoms with van der Waals surface area (Å²) in [6, 6.07) is 4.91. The number of carbonyl (C=O) groups is 1. The number of ether oxygens (including phenoxy) is 1. The van der Waals surface area contributed by atoms with Gasteiger partial charge in [0.05, 0.1) is 11.3 Å². The van der Waals surface area contributed by atoms with Gasteiger partial charge in [0.25, 0.3) is 5.91 Å². The molecule has 0 aliphatic carbocycles. The Bertz CT molecular complexity index is 1130. The third-order valence-corrected chi connectivity index (χ3v) is 7.47. The molecule has 1 aromatic heterocycles. The highest BCUT2D eigenvalue weighted by Gasteiger charge is 2.38. The van der Waals surface area contributed by atoms with Gasteiger partial charge in [-0.25, -0.2) is 12.8 Å². The predicted octanol–water partition coefficient (Wildman–Crippen LogP) is 6.29. The molecule has 37 heavy (non-hydrogen) atoms. The summed E-state index contributed by atoms with van der Waals surface area (Å²) >= 11 is 0. The number of rotatable bonds is 8. The van der Waals surface area contributed by atoms with Gasteiger partial charge in [-0.1, -0.05) is 27.2 Å². The number of sulfone groups is 1. The first-order valence-electron chi connectivity index (χ1n) is 11.4. The van der Waals surface area contributed by atoms with Gasteiger partial charge in [-0.2, -0.15) is 13.2 Å². The number of hydrogen-bond acceptors (Lipinski definition) is 6. The predicted molar refractivity (Wildman–Crippen MR) is 137 cm³/mol. The zero-order valence-corrected chi connectivity index (χ0v) is 22.9.